The van der Waals surface area contributed by atoms with E-state index in [1.807, 2.05) is 63.2 Å². The lowest BCUT2D eigenvalue weighted by atomic mass is 9.97. The lowest BCUT2D eigenvalue weighted by Crippen LogP contribution is -2.11. The van der Waals surface area contributed by atoms with E-state index in [0.29, 0.717) is 5.56 Å². The standard InChI is InChI=1S/C18H23NO3/c1-13(6-11-17(20)22-5)12-14(2)18(21)15-7-9-16(10-8-15)19(3)4/h6-12,14H,1-5H3/b11-6+,13-12+/t14-/m1/s1. The van der Waals surface area contributed by atoms with Crippen molar-refractivity contribution >= 4 is 17.4 Å². The quantitative estimate of drug-likeness (QED) is 0.350. The summed E-state index contributed by atoms with van der Waals surface area (Å²) in [6, 6.07) is 7.52. The zero-order valence-corrected chi connectivity index (χ0v) is 13.8. The third kappa shape index (κ3) is 5.20. The van der Waals surface area contributed by atoms with E-state index in [-0.39, 0.29) is 11.7 Å². The topological polar surface area (TPSA) is 46.6 Å². The largest absolute Gasteiger partial charge is 0.466 e. The Balaban J connectivity index is 2.79. The first-order chi connectivity index (χ1) is 10.3. The maximum absolute atomic E-state index is 12.4. The zero-order valence-electron chi connectivity index (χ0n) is 13.8. The van der Waals surface area contributed by atoms with Crippen molar-refractivity contribution in [2.24, 2.45) is 5.92 Å². The lowest BCUT2D eigenvalue weighted by molar-refractivity contribution is -0.134. The van der Waals surface area contributed by atoms with Crippen LogP contribution in [0, 0.1) is 5.92 Å². The number of carbonyl (C=O) groups is 2. The maximum Gasteiger partial charge on any atom is 0.330 e. The predicted octanol–water partition coefficient (Wildman–Crippen LogP) is 3.25. The number of ether oxygens (including phenoxy) is 1. The summed E-state index contributed by atoms with van der Waals surface area (Å²) in [6.45, 7) is 3.69. The Hall–Kier alpha value is -2.36. The average Bonchev–Trinajstić information content (AvgIpc) is 2.51. The molecule has 0 heterocycles. The van der Waals surface area contributed by atoms with Gasteiger partial charge in [-0.15, -0.1) is 0 Å². The van der Waals surface area contributed by atoms with Crippen LogP contribution in [0.5, 0.6) is 0 Å². The molecule has 22 heavy (non-hydrogen) atoms. The van der Waals surface area contributed by atoms with Gasteiger partial charge in [0.2, 0.25) is 0 Å². The fourth-order valence-electron chi connectivity index (χ4n) is 1.98. The van der Waals surface area contributed by atoms with Gasteiger partial charge in [-0.1, -0.05) is 24.6 Å². The monoisotopic (exact) mass is 301 g/mol. The Labute approximate surface area is 132 Å². The Kier molecular flexibility index (Phi) is 6.57. The number of Topliss-reactive ketones (excluding diaryl/α,β-unsaturated/α-hetero) is 1. The molecule has 4 nitrogen and oxygen atoms in total. The van der Waals surface area contributed by atoms with Crippen LogP contribution in [0.3, 0.4) is 0 Å². The molecule has 1 aromatic carbocycles. The van der Waals surface area contributed by atoms with E-state index in [1.165, 1.54) is 13.2 Å². The van der Waals surface area contributed by atoms with Crippen molar-refractivity contribution in [2.75, 3.05) is 26.1 Å². The number of hydrogen-bond acceptors (Lipinski definition) is 4. The number of hydrogen-bond donors (Lipinski definition) is 0. The molecule has 0 saturated heterocycles. The van der Waals surface area contributed by atoms with Gasteiger partial charge in [-0.3, -0.25) is 4.79 Å². The number of methoxy groups -OCH3 is 1. The minimum Gasteiger partial charge on any atom is -0.466 e. The Bertz CT molecular complexity index is 583. The summed E-state index contributed by atoms with van der Waals surface area (Å²) in [5.41, 5.74) is 2.58. The summed E-state index contributed by atoms with van der Waals surface area (Å²) in [6.07, 6.45) is 4.82. The van der Waals surface area contributed by atoms with Crippen LogP contribution in [0.4, 0.5) is 5.69 Å². The molecule has 1 rings (SSSR count). The number of benzene rings is 1. The summed E-state index contributed by atoms with van der Waals surface area (Å²) in [4.78, 5) is 25.4. The van der Waals surface area contributed by atoms with Crippen molar-refractivity contribution in [2.45, 2.75) is 13.8 Å². The van der Waals surface area contributed by atoms with Gasteiger partial charge in [-0.2, -0.15) is 0 Å². The normalized spacial score (nSPS) is 13.0. The predicted molar refractivity (Wildman–Crippen MR) is 89.2 cm³/mol. The second-order valence-corrected chi connectivity index (χ2v) is 5.36. The van der Waals surface area contributed by atoms with E-state index in [4.69, 9.17) is 0 Å². The SMILES string of the molecule is COC(=O)/C=C/C(C)=C/[C@@H](C)C(=O)c1ccc(N(C)C)cc1. The van der Waals surface area contributed by atoms with E-state index < -0.39 is 5.97 Å². The van der Waals surface area contributed by atoms with Crippen LogP contribution < -0.4 is 4.90 Å². The molecule has 118 valence electrons. The van der Waals surface area contributed by atoms with Gasteiger partial charge in [0, 0.05) is 37.3 Å². The van der Waals surface area contributed by atoms with Gasteiger partial charge in [0.05, 0.1) is 7.11 Å². The van der Waals surface area contributed by atoms with Gasteiger partial charge in [0.15, 0.2) is 5.78 Å². The summed E-state index contributed by atoms with van der Waals surface area (Å²) < 4.78 is 4.53. The highest BCUT2D eigenvalue weighted by Crippen LogP contribution is 2.17. The fourth-order valence-corrected chi connectivity index (χ4v) is 1.98. The van der Waals surface area contributed by atoms with Crippen LogP contribution in [0.25, 0.3) is 0 Å². The molecule has 0 fully saturated rings. The van der Waals surface area contributed by atoms with Gasteiger partial charge in [-0.25, -0.2) is 4.79 Å². The highest BCUT2D eigenvalue weighted by molar-refractivity contribution is 5.99. The van der Waals surface area contributed by atoms with E-state index in [1.54, 1.807) is 6.08 Å². The summed E-state index contributed by atoms with van der Waals surface area (Å²) >= 11 is 0. The molecule has 1 aromatic rings. The number of esters is 1. The van der Waals surface area contributed by atoms with Crippen LogP contribution in [-0.2, 0) is 9.53 Å². The molecule has 0 saturated carbocycles. The molecule has 0 amide bonds. The van der Waals surface area contributed by atoms with E-state index >= 15 is 0 Å². The highest BCUT2D eigenvalue weighted by Gasteiger charge is 2.13. The van der Waals surface area contributed by atoms with Gasteiger partial charge < -0.3 is 9.64 Å². The minimum atomic E-state index is -0.411. The Morgan fingerprint density at radius 1 is 1.14 bits per heavy atom. The molecule has 4 heteroatoms. The van der Waals surface area contributed by atoms with Gasteiger partial charge in [-0.05, 0) is 31.2 Å². The summed E-state index contributed by atoms with van der Waals surface area (Å²) in [5, 5.41) is 0. The molecule has 0 aromatic heterocycles. The van der Waals surface area contributed by atoms with Crippen molar-refractivity contribution in [1.82, 2.24) is 0 Å². The van der Waals surface area contributed by atoms with Crippen molar-refractivity contribution in [3.8, 4) is 0 Å². The van der Waals surface area contributed by atoms with Crippen LogP contribution in [0.2, 0.25) is 0 Å². The van der Waals surface area contributed by atoms with E-state index in [0.717, 1.165) is 11.3 Å². The molecular formula is C18H23NO3. The smallest absolute Gasteiger partial charge is 0.330 e. The third-order valence-electron chi connectivity index (χ3n) is 3.28. The minimum absolute atomic E-state index is 0.0520. The molecule has 0 bridgehead atoms. The Morgan fingerprint density at radius 3 is 2.23 bits per heavy atom. The van der Waals surface area contributed by atoms with Gasteiger partial charge in [0.1, 0.15) is 0 Å². The molecule has 0 unspecified atom stereocenters. The number of anilines is 1. The number of rotatable bonds is 6. The first-order valence-corrected chi connectivity index (χ1v) is 7.11. The highest BCUT2D eigenvalue weighted by atomic mass is 16.5. The molecule has 0 aliphatic heterocycles. The van der Waals surface area contributed by atoms with Crippen LogP contribution >= 0.6 is 0 Å². The van der Waals surface area contributed by atoms with Crippen LogP contribution in [0.1, 0.15) is 24.2 Å². The molecule has 0 spiro atoms. The molecular weight excluding hydrogens is 278 g/mol. The molecule has 0 aliphatic carbocycles. The Morgan fingerprint density at radius 2 is 1.73 bits per heavy atom. The lowest BCUT2D eigenvalue weighted by Gasteiger charge is -2.13. The second-order valence-electron chi connectivity index (χ2n) is 5.36. The molecule has 0 radical (unpaired) electrons. The van der Waals surface area contributed by atoms with Crippen molar-refractivity contribution in [3.05, 3.63) is 53.6 Å². The first-order valence-electron chi connectivity index (χ1n) is 7.11. The van der Waals surface area contributed by atoms with Gasteiger partial charge in [0.25, 0.3) is 0 Å². The van der Waals surface area contributed by atoms with E-state index in [2.05, 4.69) is 4.74 Å². The number of nitrogens with zero attached hydrogens (tertiary/aromatic N) is 1. The maximum atomic E-state index is 12.4. The average molecular weight is 301 g/mol. The fraction of sp³-hybridized carbons (Fsp3) is 0.333. The summed E-state index contributed by atoms with van der Waals surface area (Å²) in [7, 11) is 5.24. The number of ketones is 1. The van der Waals surface area contributed by atoms with Crippen molar-refractivity contribution in [3.63, 3.8) is 0 Å². The third-order valence-corrected chi connectivity index (χ3v) is 3.28. The molecule has 0 N–H and O–H groups in total. The number of carbonyl (C=O) groups excluding carboxylic acids is 2. The van der Waals surface area contributed by atoms with Crippen LogP contribution in [0.15, 0.2) is 48.1 Å². The van der Waals surface area contributed by atoms with Crippen molar-refractivity contribution in [1.29, 1.82) is 0 Å². The summed E-state index contributed by atoms with van der Waals surface area (Å²) in [5.74, 6) is -0.616. The van der Waals surface area contributed by atoms with Crippen LogP contribution in [-0.4, -0.2) is 33.0 Å². The molecule has 1 atom stereocenters. The number of allylic oxidation sites excluding steroid dienone is 3. The van der Waals surface area contributed by atoms with E-state index in [9.17, 15) is 9.59 Å². The van der Waals surface area contributed by atoms with Gasteiger partial charge >= 0.3 is 5.97 Å². The zero-order chi connectivity index (χ0) is 16.7. The van der Waals surface area contributed by atoms with Crippen molar-refractivity contribution < 1.29 is 14.3 Å². The molecule has 0 aliphatic rings. The second kappa shape index (κ2) is 8.17. The first kappa shape index (κ1) is 17.7.